The van der Waals surface area contributed by atoms with Gasteiger partial charge in [0, 0.05) is 6.54 Å². The number of nitrogens with two attached hydrogens (primary N) is 1. The van der Waals surface area contributed by atoms with Crippen LogP contribution < -0.4 is 5.73 Å². The van der Waals surface area contributed by atoms with Crippen LogP contribution in [0.3, 0.4) is 0 Å². The number of sulfone groups is 1. The van der Waals surface area contributed by atoms with Crippen LogP contribution in [0.4, 0.5) is 4.39 Å². The Morgan fingerprint density at radius 1 is 1.36 bits per heavy atom. The summed E-state index contributed by atoms with van der Waals surface area (Å²) in [5.41, 5.74) is 5.60. The van der Waals surface area contributed by atoms with E-state index in [2.05, 4.69) is 0 Å². The first-order valence-electron chi connectivity index (χ1n) is 4.18. The quantitative estimate of drug-likeness (QED) is 0.807. The summed E-state index contributed by atoms with van der Waals surface area (Å²) in [4.78, 5) is 0. The molecule has 1 aromatic rings. The van der Waals surface area contributed by atoms with Crippen molar-refractivity contribution < 1.29 is 12.8 Å². The van der Waals surface area contributed by atoms with Crippen LogP contribution in [0, 0.1) is 5.82 Å². The van der Waals surface area contributed by atoms with Crippen LogP contribution in [-0.4, -0.2) is 20.7 Å². The summed E-state index contributed by atoms with van der Waals surface area (Å²) in [5, 5.41) is 0. The van der Waals surface area contributed by atoms with Crippen molar-refractivity contribution in [2.75, 3.05) is 12.3 Å². The third-order valence-electron chi connectivity index (χ3n) is 1.70. The van der Waals surface area contributed by atoms with Crippen molar-refractivity contribution in [3.63, 3.8) is 0 Å². The highest BCUT2D eigenvalue weighted by Crippen LogP contribution is 2.08. The maximum absolute atomic E-state index is 12.7. The molecule has 0 spiro atoms. The molecule has 0 amide bonds. The first kappa shape index (κ1) is 11.1. The minimum atomic E-state index is -3.19. The molecule has 0 bridgehead atoms. The van der Waals surface area contributed by atoms with Gasteiger partial charge in [0.2, 0.25) is 0 Å². The lowest BCUT2D eigenvalue weighted by Gasteiger charge is -2.02. The molecule has 14 heavy (non-hydrogen) atoms. The first-order valence-corrected chi connectivity index (χ1v) is 6.00. The average molecular weight is 217 g/mol. The zero-order chi connectivity index (χ0) is 10.6. The molecule has 0 atom stereocenters. The van der Waals surface area contributed by atoms with Gasteiger partial charge in [-0.3, -0.25) is 0 Å². The summed E-state index contributed by atoms with van der Waals surface area (Å²) in [7, 11) is -3.19. The Hall–Kier alpha value is -0.940. The Balaban J connectivity index is 2.79. The number of hydrogen-bond acceptors (Lipinski definition) is 3. The monoisotopic (exact) mass is 217 g/mol. The van der Waals surface area contributed by atoms with E-state index in [1.165, 1.54) is 18.2 Å². The molecular weight excluding hydrogens is 205 g/mol. The second-order valence-corrected chi connectivity index (χ2v) is 5.19. The number of halogens is 1. The van der Waals surface area contributed by atoms with Crippen molar-refractivity contribution in [3.8, 4) is 0 Å². The largest absolute Gasteiger partial charge is 0.329 e. The van der Waals surface area contributed by atoms with Crippen LogP contribution in [0.25, 0.3) is 0 Å². The van der Waals surface area contributed by atoms with Gasteiger partial charge in [0.05, 0.1) is 11.5 Å². The first-order chi connectivity index (χ1) is 6.53. The molecule has 0 heterocycles. The fraction of sp³-hybridized carbons (Fsp3) is 0.333. The molecule has 0 saturated carbocycles. The molecule has 0 aliphatic rings. The lowest BCUT2D eigenvalue weighted by Crippen LogP contribution is -2.17. The summed E-state index contributed by atoms with van der Waals surface area (Å²) in [6.45, 7) is 0.0949. The minimum Gasteiger partial charge on any atom is -0.329 e. The van der Waals surface area contributed by atoms with E-state index in [0.29, 0.717) is 5.56 Å². The zero-order valence-electron chi connectivity index (χ0n) is 7.61. The lowest BCUT2D eigenvalue weighted by molar-refractivity contribution is 0.594. The molecule has 78 valence electrons. The smallest absolute Gasteiger partial charge is 0.155 e. The maximum Gasteiger partial charge on any atom is 0.155 e. The minimum absolute atomic E-state index is 0.0660. The lowest BCUT2D eigenvalue weighted by atomic mass is 10.2. The highest BCUT2D eigenvalue weighted by atomic mass is 32.2. The molecule has 2 N–H and O–H groups in total. The Labute approximate surface area is 82.7 Å². The fourth-order valence-electron chi connectivity index (χ4n) is 1.13. The molecule has 0 aliphatic heterocycles. The molecule has 5 heteroatoms. The molecular formula is C9H12FNO2S. The van der Waals surface area contributed by atoms with Gasteiger partial charge in [0.1, 0.15) is 5.82 Å². The topological polar surface area (TPSA) is 60.2 Å². The predicted octanol–water partition coefficient (Wildman–Crippen LogP) is 0.699. The van der Waals surface area contributed by atoms with Gasteiger partial charge in [-0.2, -0.15) is 0 Å². The van der Waals surface area contributed by atoms with Crippen molar-refractivity contribution in [2.45, 2.75) is 5.75 Å². The van der Waals surface area contributed by atoms with E-state index in [1.54, 1.807) is 6.07 Å². The molecule has 0 aliphatic carbocycles. The summed E-state index contributed by atoms with van der Waals surface area (Å²) in [5.74, 6) is -0.642. The van der Waals surface area contributed by atoms with Gasteiger partial charge in [0.15, 0.2) is 9.84 Å². The fourth-order valence-corrected chi connectivity index (χ4v) is 2.32. The van der Waals surface area contributed by atoms with E-state index in [0.717, 1.165) is 0 Å². The molecule has 1 aromatic carbocycles. The molecule has 0 fully saturated rings. The summed E-state index contributed by atoms with van der Waals surface area (Å²) < 4.78 is 35.3. The third kappa shape index (κ3) is 3.43. The van der Waals surface area contributed by atoms with E-state index < -0.39 is 15.7 Å². The van der Waals surface area contributed by atoms with Crippen LogP contribution >= 0.6 is 0 Å². The summed E-state index contributed by atoms with van der Waals surface area (Å²) in [6.07, 6.45) is 0. The van der Waals surface area contributed by atoms with Gasteiger partial charge >= 0.3 is 0 Å². The highest BCUT2D eigenvalue weighted by molar-refractivity contribution is 7.90. The normalized spacial score (nSPS) is 11.6. The van der Waals surface area contributed by atoms with Crippen molar-refractivity contribution in [2.24, 2.45) is 5.73 Å². The highest BCUT2D eigenvalue weighted by Gasteiger charge is 2.10. The van der Waals surface area contributed by atoms with Gasteiger partial charge in [0.25, 0.3) is 0 Å². The zero-order valence-corrected chi connectivity index (χ0v) is 8.43. The Kier molecular flexibility index (Phi) is 3.60. The Morgan fingerprint density at radius 3 is 2.64 bits per heavy atom. The van der Waals surface area contributed by atoms with Crippen molar-refractivity contribution in [1.82, 2.24) is 0 Å². The molecule has 3 nitrogen and oxygen atoms in total. The SMILES string of the molecule is NCCS(=O)(=O)Cc1cccc(F)c1. The van der Waals surface area contributed by atoms with Crippen molar-refractivity contribution >= 4 is 9.84 Å². The van der Waals surface area contributed by atoms with Gasteiger partial charge in [-0.05, 0) is 17.7 Å². The third-order valence-corrected chi connectivity index (χ3v) is 3.34. The van der Waals surface area contributed by atoms with Crippen LogP contribution in [-0.2, 0) is 15.6 Å². The Morgan fingerprint density at radius 2 is 2.07 bits per heavy atom. The molecule has 0 radical (unpaired) electrons. The average Bonchev–Trinajstić information content (AvgIpc) is 2.02. The van der Waals surface area contributed by atoms with Gasteiger partial charge in [-0.15, -0.1) is 0 Å². The van der Waals surface area contributed by atoms with Crippen LogP contribution in [0.1, 0.15) is 5.56 Å². The van der Waals surface area contributed by atoms with Gasteiger partial charge < -0.3 is 5.73 Å². The van der Waals surface area contributed by atoms with E-state index in [4.69, 9.17) is 5.73 Å². The van der Waals surface area contributed by atoms with Crippen LogP contribution in [0.5, 0.6) is 0 Å². The maximum atomic E-state index is 12.7. The Bertz CT molecular complexity index is 403. The van der Waals surface area contributed by atoms with Gasteiger partial charge in [-0.25, -0.2) is 12.8 Å². The molecule has 1 rings (SSSR count). The number of rotatable bonds is 4. The summed E-state index contributed by atoms with van der Waals surface area (Å²) in [6, 6.07) is 5.56. The molecule has 0 saturated heterocycles. The predicted molar refractivity (Wildman–Crippen MR) is 52.9 cm³/mol. The molecule has 0 aromatic heterocycles. The van der Waals surface area contributed by atoms with E-state index in [-0.39, 0.29) is 18.1 Å². The summed E-state index contributed by atoms with van der Waals surface area (Å²) >= 11 is 0. The number of hydrogen-bond donors (Lipinski definition) is 1. The van der Waals surface area contributed by atoms with Crippen molar-refractivity contribution in [3.05, 3.63) is 35.6 Å². The van der Waals surface area contributed by atoms with Crippen LogP contribution in [0.15, 0.2) is 24.3 Å². The van der Waals surface area contributed by atoms with Crippen LogP contribution in [0.2, 0.25) is 0 Å². The van der Waals surface area contributed by atoms with E-state index >= 15 is 0 Å². The molecule has 0 unspecified atom stereocenters. The van der Waals surface area contributed by atoms with E-state index in [1.807, 2.05) is 0 Å². The van der Waals surface area contributed by atoms with Gasteiger partial charge in [-0.1, -0.05) is 12.1 Å². The van der Waals surface area contributed by atoms with E-state index in [9.17, 15) is 12.8 Å². The second-order valence-electron chi connectivity index (χ2n) is 3.01. The van der Waals surface area contributed by atoms with Crippen molar-refractivity contribution in [1.29, 1.82) is 0 Å². The number of benzene rings is 1. The standard InChI is InChI=1S/C9H12FNO2S/c10-9-3-1-2-8(6-9)7-14(12,13)5-4-11/h1-3,6H,4-5,7,11H2. The second kappa shape index (κ2) is 4.52.